The first kappa shape index (κ1) is 18.7. The van der Waals surface area contributed by atoms with Gasteiger partial charge in [-0.05, 0) is 43.3 Å². The highest BCUT2D eigenvalue weighted by atomic mass is 16.5. The van der Waals surface area contributed by atoms with Crippen LogP contribution in [0, 0.1) is 0 Å². The van der Waals surface area contributed by atoms with E-state index in [-0.39, 0.29) is 12.1 Å². The summed E-state index contributed by atoms with van der Waals surface area (Å²) in [5, 5.41) is 5.54. The molecule has 1 aliphatic heterocycles. The van der Waals surface area contributed by atoms with Gasteiger partial charge in [-0.1, -0.05) is 42.5 Å². The van der Waals surface area contributed by atoms with Crippen molar-refractivity contribution in [1.29, 1.82) is 0 Å². The number of rotatable bonds is 6. The third kappa shape index (κ3) is 4.74. The van der Waals surface area contributed by atoms with Crippen LogP contribution in [0.25, 0.3) is 10.8 Å². The smallest absolute Gasteiger partial charge is 0.317 e. The van der Waals surface area contributed by atoms with E-state index in [9.17, 15) is 4.79 Å². The second-order valence-electron chi connectivity index (χ2n) is 7.14. The molecule has 0 unspecified atom stereocenters. The van der Waals surface area contributed by atoms with Gasteiger partial charge in [0.05, 0.1) is 0 Å². The van der Waals surface area contributed by atoms with Gasteiger partial charge in [-0.3, -0.25) is 0 Å². The second kappa shape index (κ2) is 9.01. The summed E-state index contributed by atoms with van der Waals surface area (Å²) in [6, 6.07) is 14.8. The van der Waals surface area contributed by atoms with Gasteiger partial charge in [0.2, 0.25) is 0 Å². The van der Waals surface area contributed by atoms with Gasteiger partial charge in [0, 0.05) is 38.9 Å². The Bertz CT molecular complexity index is 721. The van der Waals surface area contributed by atoms with Crippen LogP contribution in [0.3, 0.4) is 0 Å². The molecule has 0 aromatic heterocycles. The molecule has 0 bridgehead atoms. The Hall–Kier alpha value is -2.11. The topological polar surface area (TPSA) is 44.8 Å². The van der Waals surface area contributed by atoms with E-state index in [1.165, 1.54) is 10.8 Å². The van der Waals surface area contributed by atoms with Gasteiger partial charge >= 0.3 is 6.03 Å². The molecule has 1 fully saturated rings. The number of likely N-dealkylation sites (N-methyl/N-ethyl adjacent to an activating group) is 1. The van der Waals surface area contributed by atoms with Gasteiger partial charge < -0.3 is 19.9 Å². The van der Waals surface area contributed by atoms with E-state index in [2.05, 4.69) is 34.5 Å². The SMILES string of the molecule is CN(C)CCN(C(=O)NCc1cccc2ccccc12)C1CCOCC1. The highest BCUT2D eigenvalue weighted by molar-refractivity contribution is 5.86. The molecule has 1 aliphatic rings. The number of benzene rings is 2. The van der Waals surface area contributed by atoms with E-state index >= 15 is 0 Å². The maximum Gasteiger partial charge on any atom is 0.317 e. The van der Waals surface area contributed by atoms with Gasteiger partial charge in [-0.15, -0.1) is 0 Å². The van der Waals surface area contributed by atoms with Crippen molar-refractivity contribution in [2.24, 2.45) is 0 Å². The van der Waals surface area contributed by atoms with E-state index in [4.69, 9.17) is 4.74 Å². The van der Waals surface area contributed by atoms with Gasteiger partial charge in [0.1, 0.15) is 0 Å². The van der Waals surface area contributed by atoms with Crippen LogP contribution in [0.2, 0.25) is 0 Å². The molecule has 3 rings (SSSR count). The first-order valence-electron chi connectivity index (χ1n) is 9.39. The largest absolute Gasteiger partial charge is 0.381 e. The summed E-state index contributed by atoms with van der Waals surface area (Å²) < 4.78 is 5.46. The summed E-state index contributed by atoms with van der Waals surface area (Å²) in [6.07, 6.45) is 1.82. The van der Waals surface area contributed by atoms with Gasteiger partial charge in [-0.2, -0.15) is 0 Å². The van der Waals surface area contributed by atoms with Crippen molar-refractivity contribution < 1.29 is 9.53 Å². The van der Waals surface area contributed by atoms with Crippen LogP contribution in [-0.2, 0) is 11.3 Å². The van der Waals surface area contributed by atoms with Crippen LogP contribution in [0.4, 0.5) is 4.79 Å². The van der Waals surface area contributed by atoms with E-state index in [1.807, 2.05) is 37.2 Å². The maximum absolute atomic E-state index is 12.9. The number of carbonyl (C=O) groups excluding carboxylic acids is 1. The molecule has 0 atom stereocenters. The lowest BCUT2D eigenvalue weighted by molar-refractivity contribution is 0.0443. The number of hydrogen-bond donors (Lipinski definition) is 1. The summed E-state index contributed by atoms with van der Waals surface area (Å²) >= 11 is 0. The van der Waals surface area contributed by atoms with Crippen molar-refractivity contribution in [2.75, 3.05) is 40.4 Å². The summed E-state index contributed by atoms with van der Waals surface area (Å²) in [5.74, 6) is 0. The lowest BCUT2D eigenvalue weighted by atomic mass is 10.0. The first-order chi connectivity index (χ1) is 12.6. The molecule has 0 radical (unpaired) electrons. The molecule has 5 heteroatoms. The van der Waals surface area contributed by atoms with Crippen molar-refractivity contribution in [3.63, 3.8) is 0 Å². The number of fused-ring (bicyclic) bond motifs is 1. The molecule has 5 nitrogen and oxygen atoms in total. The minimum atomic E-state index is 0.0201. The number of amides is 2. The average Bonchev–Trinajstić information content (AvgIpc) is 2.67. The summed E-state index contributed by atoms with van der Waals surface area (Å²) in [7, 11) is 4.08. The Morgan fingerprint density at radius 1 is 1.08 bits per heavy atom. The third-order valence-corrected chi connectivity index (χ3v) is 4.99. The summed E-state index contributed by atoms with van der Waals surface area (Å²) in [5.41, 5.74) is 1.15. The standard InChI is InChI=1S/C21H29N3O2/c1-23(2)12-13-24(19-10-14-26-15-11-19)21(25)22-16-18-8-5-7-17-6-3-4-9-20(17)18/h3-9,19H,10-16H2,1-2H3,(H,22,25). The van der Waals surface area contributed by atoms with Crippen molar-refractivity contribution in [3.05, 3.63) is 48.0 Å². The molecule has 140 valence electrons. The van der Waals surface area contributed by atoms with Crippen LogP contribution >= 0.6 is 0 Å². The van der Waals surface area contributed by atoms with E-state index in [0.717, 1.165) is 44.7 Å². The molecule has 2 aromatic rings. The molecule has 26 heavy (non-hydrogen) atoms. The monoisotopic (exact) mass is 355 g/mol. The Kier molecular flexibility index (Phi) is 6.47. The lowest BCUT2D eigenvalue weighted by Crippen LogP contribution is -2.50. The van der Waals surface area contributed by atoms with E-state index in [1.54, 1.807) is 0 Å². The average molecular weight is 355 g/mol. The van der Waals surface area contributed by atoms with Gasteiger partial charge in [0.15, 0.2) is 0 Å². The summed E-state index contributed by atoms with van der Waals surface area (Å²) in [4.78, 5) is 17.0. The van der Waals surface area contributed by atoms with Crippen LogP contribution in [0.5, 0.6) is 0 Å². The van der Waals surface area contributed by atoms with Crippen molar-refractivity contribution in [1.82, 2.24) is 15.1 Å². The number of hydrogen-bond acceptors (Lipinski definition) is 3. The predicted molar refractivity (Wildman–Crippen MR) is 105 cm³/mol. The number of urea groups is 1. The van der Waals surface area contributed by atoms with Crippen LogP contribution in [0.15, 0.2) is 42.5 Å². The maximum atomic E-state index is 12.9. The van der Waals surface area contributed by atoms with Crippen molar-refractivity contribution >= 4 is 16.8 Å². The molecule has 0 aliphatic carbocycles. The van der Waals surface area contributed by atoms with Crippen LogP contribution in [0.1, 0.15) is 18.4 Å². The van der Waals surface area contributed by atoms with Crippen LogP contribution in [-0.4, -0.2) is 62.3 Å². The molecule has 2 aromatic carbocycles. The zero-order valence-electron chi connectivity index (χ0n) is 15.8. The minimum absolute atomic E-state index is 0.0201. The molecular weight excluding hydrogens is 326 g/mol. The fraction of sp³-hybridized carbons (Fsp3) is 0.476. The van der Waals surface area contributed by atoms with E-state index < -0.39 is 0 Å². The Morgan fingerprint density at radius 2 is 1.81 bits per heavy atom. The molecule has 2 amide bonds. The predicted octanol–water partition coefficient (Wildman–Crippen LogP) is 3.09. The van der Waals surface area contributed by atoms with Crippen molar-refractivity contribution in [3.8, 4) is 0 Å². The highest BCUT2D eigenvalue weighted by Gasteiger charge is 2.25. The minimum Gasteiger partial charge on any atom is -0.381 e. The van der Waals surface area contributed by atoms with Crippen molar-refractivity contribution in [2.45, 2.75) is 25.4 Å². The lowest BCUT2D eigenvalue weighted by Gasteiger charge is -2.35. The summed E-state index contributed by atoms with van der Waals surface area (Å²) in [6.45, 7) is 3.61. The molecule has 1 saturated heterocycles. The second-order valence-corrected chi connectivity index (χ2v) is 7.14. The molecule has 1 heterocycles. The number of carbonyl (C=O) groups is 1. The zero-order valence-corrected chi connectivity index (χ0v) is 15.8. The molecular formula is C21H29N3O2. The number of ether oxygens (including phenoxy) is 1. The quantitative estimate of drug-likeness (QED) is 0.866. The van der Waals surface area contributed by atoms with Gasteiger partial charge in [0.25, 0.3) is 0 Å². The number of nitrogens with zero attached hydrogens (tertiary/aromatic N) is 2. The van der Waals surface area contributed by atoms with Crippen LogP contribution < -0.4 is 5.32 Å². The number of nitrogens with one attached hydrogen (secondary N) is 1. The Labute approximate surface area is 155 Å². The fourth-order valence-corrected chi connectivity index (χ4v) is 3.47. The third-order valence-electron chi connectivity index (χ3n) is 4.99. The highest BCUT2D eigenvalue weighted by Crippen LogP contribution is 2.19. The Balaban J connectivity index is 1.68. The normalized spacial score (nSPS) is 15.3. The van der Waals surface area contributed by atoms with E-state index in [0.29, 0.717) is 6.54 Å². The molecule has 1 N–H and O–H groups in total. The molecule has 0 saturated carbocycles. The first-order valence-corrected chi connectivity index (χ1v) is 9.39. The fourth-order valence-electron chi connectivity index (χ4n) is 3.47. The zero-order chi connectivity index (χ0) is 18.4. The Morgan fingerprint density at radius 3 is 2.58 bits per heavy atom. The molecule has 0 spiro atoms. The van der Waals surface area contributed by atoms with Gasteiger partial charge in [-0.25, -0.2) is 4.79 Å².